The second-order valence-corrected chi connectivity index (χ2v) is 6.39. The van der Waals surface area contributed by atoms with Gasteiger partial charge in [-0.3, -0.25) is 9.89 Å². The van der Waals surface area contributed by atoms with Crippen molar-refractivity contribution in [3.8, 4) is 5.75 Å². The molecule has 2 rings (SSSR count). The Labute approximate surface area is 145 Å². The van der Waals surface area contributed by atoms with E-state index in [4.69, 9.17) is 10.5 Å². The average Bonchev–Trinajstić information content (AvgIpc) is 2.61. The van der Waals surface area contributed by atoms with Crippen LogP contribution < -0.4 is 15.8 Å². The van der Waals surface area contributed by atoms with E-state index in [0.29, 0.717) is 19.0 Å². The fourth-order valence-electron chi connectivity index (χ4n) is 3.06. The molecule has 0 amide bonds. The molecule has 3 N–H and O–H groups in total. The van der Waals surface area contributed by atoms with Gasteiger partial charge in [0.05, 0.1) is 19.7 Å². The standard InChI is InChI=1S/C19H30N4O/c1-15(2)13-21-19(20)22-14-17(23-11-7-4-8-12-23)16-9-5-6-10-18(16)24-3/h5-6,9-10,17H,1,4,7-8,11-14H2,2-3H3,(H3,20,21,22). The molecule has 132 valence electrons. The summed E-state index contributed by atoms with van der Waals surface area (Å²) in [6.07, 6.45) is 3.78. The maximum atomic E-state index is 6.00. The van der Waals surface area contributed by atoms with Gasteiger partial charge in [-0.25, -0.2) is 0 Å². The van der Waals surface area contributed by atoms with Crippen LogP contribution in [0.15, 0.2) is 41.4 Å². The van der Waals surface area contributed by atoms with Crippen molar-refractivity contribution >= 4 is 5.96 Å². The highest BCUT2D eigenvalue weighted by Gasteiger charge is 2.24. The molecule has 1 aromatic rings. The van der Waals surface area contributed by atoms with Crippen LogP contribution in [0.2, 0.25) is 0 Å². The largest absolute Gasteiger partial charge is 0.496 e. The molecule has 1 unspecified atom stereocenters. The van der Waals surface area contributed by atoms with Crippen LogP contribution >= 0.6 is 0 Å². The molecule has 0 aromatic heterocycles. The molecule has 0 bridgehead atoms. The van der Waals surface area contributed by atoms with Crippen molar-refractivity contribution in [2.75, 3.05) is 33.3 Å². The molecule has 1 saturated heterocycles. The Balaban J connectivity index is 2.16. The summed E-state index contributed by atoms with van der Waals surface area (Å²) in [4.78, 5) is 7.07. The molecular weight excluding hydrogens is 300 g/mol. The minimum atomic E-state index is 0.187. The summed E-state index contributed by atoms with van der Waals surface area (Å²) in [5, 5.41) is 3.10. The van der Waals surface area contributed by atoms with Crippen molar-refractivity contribution < 1.29 is 4.74 Å². The van der Waals surface area contributed by atoms with Crippen LogP contribution in [0.4, 0.5) is 0 Å². The average molecular weight is 330 g/mol. The summed E-state index contributed by atoms with van der Waals surface area (Å²) < 4.78 is 5.57. The third kappa shape index (κ3) is 5.27. The second-order valence-electron chi connectivity index (χ2n) is 6.39. The molecule has 1 heterocycles. The molecule has 1 aromatic carbocycles. The molecule has 0 spiro atoms. The third-order valence-electron chi connectivity index (χ3n) is 4.34. The van der Waals surface area contributed by atoms with Crippen LogP contribution in [0, 0.1) is 0 Å². The number of piperidine rings is 1. The van der Waals surface area contributed by atoms with Crippen LogP contribution in [0.3, 0.4) is 0 Å². The van der Waals surface area contributed by atoms with Gasteiger partial charge >= 0.3 is 0 Å². The molecule has 1 aliphatic rings. The van der Waals surface area contributed by atoms with E-state index >= 15 is 0 Å². The normalized spacial score (nSPS) is 17.3. The summed E-state index contributed by atoms with van der Waals surface area (Å²) >= 11 is 0. The lowest BCUT2D eigenvalue weighted by Gasteiger charge is -2.34. The minimum Gasteiger partial charge on any atom is -0.496 e. The number of ether oxygens (including phenoxy) is 1. The summed E-state index contributed by atoms with van der Waals surface area (Å²) in [5.74, 6) is 1.38. The molecule has 0 aliphatic carbocycles. The van der Waals surface area contributed by atoms with Gasteiger partial charge < -0.3 is 15.8 Å². The van der Waals surface area contributed by atoms with Crippen molar-refractivity contribution in [3.63, 3.8) is 0 Å². The molecule has 1 fully saturated rings. The number of aliphatic imine (C=N–C) groups is 1. The zero-order valence-electron chi connectivity index (χ0n) is 14.9. The van der Waals surface area contributed by atoms with Crippen LogP contribution in [0.5, 0.6) is 5.75 Å². The van der Waals surface area contributed by atoms with Gasteiger partial charge in [-0.15, -0.1) is 0 Å². The molecule has 0 radical (unpaired) electrons. The quantitative estimate of drug-likeness (QED) is 0.458. The number of nitrogens with zero attached hydrogens (tertiary/aromatic N) is 2. The monoisotopic (exact) mass is 330 g/mol. The number of para-hydroxylation sites is 1. The first-order valence-electron chi connectivity index (χ1n) is 8.67. The van der Waals surface area contributed by atoms with E-state index in [1.807, 2.05) is 19.1 Å². The molecule has 5 nitrogen and oxygen atoms in total. The first kappa shape index (κ1) is 18.3. The highest BCUT2D eigenvalue weighted by atomic mass is 16.5. The summed E-state index contributed by atoms with van der Waals surface area (Å²) in [6, 6.07) is 8.39. The van der Waals surface area contributed by atoms with Crippen molar-refractivity contribution in [2.45, 2.75) is 32.2 Å². The van der Waals surface area contributed by atoms with Crippen molar-refractivity contribution in [1.82, 2.24) is 10.2 Å². The van der Waals surface area contributed by atoms with Gasteiger partial charge in [0, 0.05) is 12.1 Å². The maximum absolute atomic E-state index is 6.00. The fourth-order valence-corrected chi connectivity index (χ4v) is 3.06. The number of methoxy groups -OCH3 is 1. The predicted molar refractivity (Wildman–Crippen MR) is 100 cm³/mol. The maximum Gasteiger partial charge on any atom is 0.188 e. The lowest BCUT2D eigenvalue weighted by Crippen LogP contribution is -2.37. The Bertz CT molecular complexity index is 564. The minimum absolute atomic E-state index is 0.187. The van der Waals surface area contributed by atoms with E-state index in [1.165, 1.54) is 24.8 Å². The summed E-state index contributed by atoms with van der Waals surface area (Å²) in [5.41, 5.74) is 8.21. The van der Waals surface area contributed by atoms with Gasteiger partial charge in [0.1, 0.15) is 5.75 Å². The molecule has 1 aliphatic heterocycles. The van der Waals surface area contributed by atoms with Crippen LogP contribution in [0.1, 0.15) is 37.8 Å². The second kappa shape index (κ2) is 9.33. The number of nitrogens with one attached hydrogen (secondary N) is 1. The lowest BCUT2D eigenvalue weighted by atomic mass is 10.0. The van der Waals surface area contributed by atoms with Gasteiger partial charge in [0.15, 0.2) is 5.96 Å². The van der Waals surface area contributed by atoms with E-state index in [2.05, 4.69) is 33.9 Å². The SMILES string of the molecule is C=C(C)CNC(N)=NCC(c1ccccc1OC)N1CCCCC1. The Hall–Kier alpha value is -2.01. The van der Waals surface area contributed by atoms with Gasteiger partial charge in [0.2, 0.25) is 0 Å². The topological polar surface area (TPSA) is 62.9 Å². The van der Waals surface area contributed by atoms with Crippen LogP contribution in [-0.4, -0.2) is 44.1 Å². The van der Waals surface area contributed by atoms with E-state index in [1.54, 1.807) is 7.11 Å². The summed E-state index contributed by atoms with van der Waals surface area (Å²) in [7, 11) is 1.72. The number of benzene rings is 1. The highest BCUT2D eigenvalue weighted by molar-refractivity contribution is 5.78. The number of likely N-dealkylation sites (tertiary alicyclic amines) is 1. The third-order valence-corrected chi connectivity index (χ3v) is 4.34. The Morgan fingerprint density at radius 1 is 1.33 bits per heavy atom. The van der Waals surface area contributed by atoms with Gasteiger partial charge in [-0.05, 0) is 38.9 Å². The van der Waals surface area contributed by atoms with Crippen molar-refractivity contribution in [2.24, 2.45) is 10.7 Å². The van der Waals surface area contributed by atoms with Crippen LogP contribution in [-0.2, 0) is 0 Å². The first-order chi connectivity index (χ1) is 11.6. The van der Waals surface area contributed by atoms with Gasteiger partial charge in [-0.1, -0.05) is 36.8 Å². The first-order valence-corrected chi connectivity index (χ1v) is 8.67. The molecule has 0 saturated carbocycles. The Morgan fingerprint density at radius 3 is 2.71 bits per heavy atom. The Kier molecular flexibility index (Phi) is 7.12. The van der Waals surface area contributed by atoms with E-state index in [9.17, 15) is 0 Å². The number of hydrogen-bond acceptors (Lipinski definition) is 3. The van der Waals surface area contributed by atoms with Crippen molar-refractivity contribution in [1.29, 1.82) is 0 Å². The van der Waals surface area contributed by atoms with Crippen molar-refractivity contribution in [3.05, 3.63) is 42.0 Å². The smallest absolute Gasteiger partial charge is 0.188 e. The number of rotatable bonds is 7. The van der Waals surface area contributed by atoms with Gasteiger partial charge in [-0.2, -0.15) is 0 Å². The highest BCUT2D eigenvalue weighted by Crippen LogP contribution is 2.31. The van der Waals surface area contributed by atoms with Crippen LogP contribution in [0.25, 0.3) is 0 Å². The fraction of sp³-hybridized carbons (Fsp3) is 0.526. The number of nitrogens with two attached hydrogens (primary N) is 1. The van der Waals surface area contributed by atoms with E-state index in [0.717, 1.165) is 24.4 Å². The lowest BCUT2D eigenvalue weighted by molar-refractivity contribution is 0.165. The Morgan fingerprint density at radius 2 is 2.04 bits per heavy atom. The molecule has 5 heteroatoms. The van der Waals surface area contributed by atoms with E-state index < -0.39 is 0 Å². The summed E-state index contributed by atoms with van der Waals surface area (Å²) in [6.45, 7) is 9.29. The van der Waals surface area contributed by atoms with Gasteiger partial charge in [0.25, 0.3) is 0 Å². The molecule has 1 atom stereocenters. The van der Waals surface area contributed by atoms with E-state index in [-0.39, 0.29) is 6.04 Å². The zero-order chi connectivity index (χ0) is 17.4. The predicted octanol–water partition coefficient (Wildman–Crippen LogP) is 2.70. The zero-order valence-corrected chi connectivity index (χ0v) is 14.9. The number of guanidine groups is 1. The number of hydrogen-bond donors (Lipinski definition) is 2. The molecule has 24 heavy (non-hydrogen) atoms. The molecular formula is C19H30N4O.